The second-order valence-electron chi connectivity index (χ2n) is 3.99. The van der Waals surface area contributed by atoms with Crippen molar-refractivity contribution in [2.45, 2.75) is 12.5 Å². The van der Waals surface area contributed by atoms with Crippen molar-refractivity contribution in [2.24, 2.45) is 0 Å². The van der Waals surface area contributed by atoms with Crippen LogP contribution in [-0.4, -0.2) is 6.79 Å². The van der Waals surface area contributed by atoms with Crippen molar-refractivity contribution in [2.75, 3.05) is 6.79 Å². The van der Waals surface area contributed by atoms with Crippen molar-refractivity contribution in [3.05, 3.63) is 64.7 Å². The minimum absolute atomic E-state index is 0.162. The van der Waals surface area contributed by atoms with Gasteiger partial charge in [0.15, 0.2) is 6.79 Å². The largest absolute Gasteiger partial charge is 0.466 e. The van der Waals surface area contributed by atoms with Crippen molar-refractivity contribution in [3.63, 3.8) is 0 Å². The molecule has 100 valence electrons. The van der Waals surface area contributed by atoms with Crippen LogP contribution in [0.4, 0.5) is 0 Å². The second kappa shape index (κ2) is 7.39. The lowest BCUT2D eigenvalue weighted by molar-refractivity contribution is 0.00509. The zero-order valence-electron chi connectivity index (χ0n) is 10.3. The van der Waals surface area contributed by atoms with Gasteiger partial charge in [0.1, 0.15) is 5.75 Å². The molecule has 0 spiro atoms. The van der Waals surface area contributed by atoms with Gasteiger partial charge in [0, 0.05) is 5.88 Å². The molecule has 0 heterocycles. The van der Waals surface area contributed by atoms with E-state index in [-0.39, 0.29) is 6.79 Å². The molecule has 0 bridgehead atoms. The summed E-state index contributed by atoms with van der Waals surface area (Å²) in [6.45, 7) is 0.674. The molecule has 0 N–H and O–H groups in total. The Labute approximate surface area is 122 Å². The van der Waals surface area contributed by atoms with Gasteiger partial charge in [-0.25, -0.2) is 0 Å². The molecule has 2 aromatic carbocycles. The Kier molecular flexibility index (Phi) is 5.52. The first-order chi connectivity index (χ1) is 9.29. The van der Waals surface area contributed by atoms with E-state index in [1.807, 2.05) is 36.4 Å². The van der Waals surface area contributed by atoms with Crippen LogP contribution in [0.15, 0.2) is 48.5 Å². The molecule has 4 heteroatoms. The fraction of sp³-hybridized carbons (Fsp3) is 0.200. The van der Waals surface area contributed by atoms with E-state index in [1.54, 1.807) is 12.1 Å². The molecule has 0 saturated heterocycles. The summed E-state index contributed by atoms with van der Waals surface area (Å²) in [7, 11) is 0. The third-order valence-corrected chi connectivity index (χ3v) is 3.16. The number of hydrogen-bond donors (Lipinski definition) is 0. The van der Waals surface area contributed by atoms with E-state index in [4.69, 9.17) is 32.7 Å². The monoisotopic (exact) mass is 296 g/mol. The number of rotatable bonds is 6. The Hall–Kier alpha value is -1.22. The van der Waals surface area contributed by atoms with Gasteiger partial charge >= 0.3 is 0 Å². The topological polar surface area (TPSA) is 18.5 Å². The maximum Gasteiger partial charge on any atom is 0.189 e. The van der Waals surface area contributed by atoms with Gasteiger partial charge in [-0.3, -0.25) is 0 Å². The smallest absolute Gasteiger partial charge is 0.189 e. The standard InChI is InChI=1S/C15H14Cl2O2/c16-9-13-6-7-15(14(17)8-13)19-11-18-10-12-4-2-1-3-5-12/h1-8H,9-11H2. The Bertz CT molecular complexity index is 515. The molecule has 0 amide bonds. The van der Waals surface area contributed by atoms with Crippen LogP contribution in [0.5, 0.6) is 5.75 Å². The zero-order valence-corrected chi connectivity index (χ0v) is 11.8. The third-order valence-electron chi connectivity index (χ3n) is 2.56. The zero-order chi connectivity index (χ0) is 13.5. The molecule has 0 saturated carbocycles. The quantitative estimate of drug-likeness (QED) is 0.439. The predicted molar refractivity (Wildman–Crippen MR) is 77.7 cm³/mol. The summed E-state index contributed by atoms with van der Waals surface area (Å²) in [4.78, 5) is 0. The predicted octanol–water partition coefficient (Wildman–Crippen LogP) is 4.63. The van der Waals surface area contributed by atoms with Gasteiger partial charge in [-0.2, -0.15) is 0 Å². The minimum atomic E-state index is 0.162. The van der Waals surface area contributed by atoms with Gasteiger partial charge in [-0.15, -0.1) is 11.6 Å². The van der Waals surface area contributed by atoms with Gasteiger partial charge in [0.05, 0.1) is 11.6 Å². The average molecular weight is 297 g/mol. The molecule has 0 radical (unpaired) electrons. The van der Waals surface area contributed by atoms with E-state index < -0.39 is 0 Å². The van der Waals surface area contributed by atoms with Crippen LogP contribution < -0.4 is 4.74 Å². The number of halogens is 2. The normalized spacial score (nSPS) is 10.4. The van der Waals surface area contributed by atoms with Crippen LogP contribution in [0, 0.1) is 0 Å². The maximum atomic E-state index is 6.06. The van der Waals surface area contributed by atoms with Crippen LogP contribution in [0.1, 0.15) is 11.1 Å². The number of hydrogen-bond acceptors (Lipinski definition) is 2. The summed E-state index contributed by atoms with van der Waals surface area (Å²) < 4.78 is 10.9. The third kappa shape index (κ3) is 4.43. The highest BCUT2D eigenvalue weighted by atomic mass is 35.5. The first kappa shape index (κ1) is 14.2. The molecular weight excluding hydrogens is 283 g/mol. The van der Waals surface area contributed by atoms with Crippen LogP contribution in [0.2, 0.25) is 5.02 Å². The van der Waals surface area contributed by atoms with E-state index in [0.717, 1.165) is 11.1 Å². The van der Waals surface area contributed by atoms with Gasteiger partial charge in [0.25, 0.3) is 0 Å². The number of alkyl halides is 1. The first-order valence-electron chi connectivity index (χ1n) is 5.88. The van der Waals surface area contributed by atoms with Gasteiger partial charge < -0.3 is 9.47 Å². The summed E-state index contributed by atoms with van der Waals surface area (Å²) >= 11 is 11.8. The molecular formula is C15H14Cl2O2. The molecule has 0 aliphatic heterocycles. The van der Waals surface area contributed by atoms with Crippen LogP contribution >= 0.6 is 23.2 Å². The lowest BCUT2D eigenvalue weighted by Crippen LogP contribution is -2.03. The van der Waals surface area contributed by atoms with E-state index in [1.165, 1.54) is 0 Å². The van der Waals surface area contributed by atoms with Crippen LogP contribution in [-0.2, 0) is 17.2 Å². The number of ether oxygens (including phenoxy) is 2. The molecule has 0 atom stereocenters. The van der Waals surface area contributed by atoms with Crippen molar-refractivity contribution in [1.82, 2.24) is 0 Å². The second-order valence-corrected chi connectivity index (χ2v) is 4.67. The Morgan fingerprint density at radius 1 is 0.947 bits per heavy atom. The molecule has 0 unspecified atom stereocenters. The highest BCUT2D eigenvalue weighted by Crippen LogP contribution is 2.26. The van der Waals surface area contributed by atoms with E-state index in [9.17, 15) is 0 Å². The first-order valence-corrected chi connectivity index (χ1v) is 6.79. The molecule has 0 aliphatic carbocycles. The van der Waals surface area contributed by atoms with E-state index >= 15 is 0 Å². The van der Waals surface area contributed by atoms with Crippen molar-refractivity contribution >= 4 is 23.2 Å². The van der Waals surface area contributed by atoms with Gasteiger partial charge in [0.2, 0.25) is 0 Å². The van der Waals surface area contributed by atoms with Crippen LogP contribution in [0.3, 0.4) is 0 Å². The Morgan fingerprint density at radius 2 is 1.74 bits per heavy atom. The van der Waals surface area contributed by atoms with Crippen LogP contribution in [0.25, 0.3) is 0 Å². The molecule has 19 heavy (non-hydrogen) atoms. The molecule has 2 rings (SSSR count). The lowest BCUT2D eigenvalue weighted by Gasteiger charge is -2.09. The summed E-state index contributed by atoms with van der Waals surface area (Å²) in [6, 6.07) is 15.4. The summed E-state index contributed by atoms with van der Waals surface area (Å²) in [5.74, 6) is 1.04. The van der Waals surface area contributed by atoms with E-state index in [0.29, 0.717) is 23.3 Å². The molecule has 0 fully saturated rings. The summed E-state index contributed by atoms with van der Waals surface area (Å²) in [5.41, 5.74) is 2.07. The fourth-order valence-corrected chi connectivity index (χ4v) is 2.01. The van der Waals surface area contributed by atoms with Gasteiger partial charge in [-0.1, -0.05) is 48.0 Å². The van der Waals surface area contributed by atoms with E-state index in [2.05, 4.69) is 0 Å². The molecule has 0 aromatic heterocycles. The van der Waals surface area contributed by atoms with Crippen molar-refractivity contribution in [1.29, 1.82) is 0 Å². The fourth-order valence-electron chi connectivity index (χ4n) is 1.58. The summed E-state index contributed by atoms with van der Waals surface area (Å²) in [6.07, 6.45) is 0. The average Bonchev–Trinajstić information content (AvgIpc) is 2.46. The maximum absolute atomic E-state index is 6.06. The molecule has 2 nitrogen and oxygen atoms in total. The van der Waals surface area contributed by atoms with Crippen molar-refractivity contribution in [3.8, 4) is 5.75 Å². The van der Waals surface area contributed by atoms with Gasteiger partial charge in [-0.05, 0) is 23.3 Å². The highest BCUT2D eigenvalue weighted by Gasteiger charge is 2.02. The molecule has 2 aromatic rings. The molecule has 0 aliphatic rings. The highest BCUT2D eigenvalue weighted by molar-refractivity contribution is 6.32. The summed E-state index contributed by atoms with van der Waals surface area (Å²) in [5, 5.41) is 0.543. The Morgan fingerprint density at radius 3 is 2.42 bits per heavy atom. The number of benzene rings is 2. The SMILES string of the molecule is ClCc1ccc(OCOCc2ccccc2)c(Cl)c1. The Balaban J connectivity index is 1.80. The lowest BCUT2D eigenvalue weighted by atomic mass is 10.2. The minimum Gasteiger partial charge on any atom is -0.466 e. The van der Waals surface area contributed by atoms with Crippen molar-refractivity contribution < 1.29 is 9.47 Å².